The summed E-state index contributed by atoms with van der Waals surface area (Å²) in [5.41, 5.74) is 1.51. The Kier molecular flexibility index (Phi) is 9.21. The van der Waals surface area contributed by atoms with Crippen LogP contribution in [0.5, 0.6) is 5.75 Å². The van der Waals surface area contributed by atoms with Gasteiger partial charge in [0.25, 0.3) is 11.8 Å². The van der Waals surface area contributed by atoms with Crippen molar-refractivity contribution in [3.05, 3.63) is 59.7 Å². The smallest absolute Gasteiger partial charge is 0.261 e. The van der Waals surface area contributed by atoms with Gasteiger partial charge in [0.05, 0.1) is 18.3 Å². The van der Waals surface area contributed by atoms with Crippen LogP contribution >= 0.6 is 12.2 Å². The number of benzene rings is 2. The summed E-state index contributed by atoms with van der Waals surface area (Å²) in [6, 6.07) is 14.0. The molecule has 0 radical (unpaired) electrons. The summed E-state index contributed by atoms with van der Waals surface area (Å²) in [5, 5.41) is 8.68. The lowest BCUT2D eigenvalue weighted by Crippen LogP contribution is -2.34. The monoisotopic (exact) mass is 469 g/mol. The maximum Gasteiger partial charge on any atom is 0.261 e. The summed E-state index contributed by atoms with van der Waals surface area (Å²) in [7, 11) is 0. The predicted octanol–water partition coefficient (Wildman–Crippen LogP) is 4.15. The topological polar surface area (TPSA) is 88.7 Å². The number of rotatable bonds is 9. The quantitative estimate of drug-likeness (QED) is 0.478. The minimum atomic E-state index is -0.363. The fraction of sp³-hybridized carbons (Fsp3) is 0.400. The second-order valence-electron chi connectivity index (χ2n) is 8.36. The molecule has 2 aromatic carbocycles. The number of hydrogen-bond donors (Lipinski definition) is 3. The van der Waals surface area contributed by atoms with E-state index in [1.54, 1.807) is 42.5 Å². The third kappa shape index (κ3) is 7.83. The van der Waals surface area contributed by atoms with Crippen LogP contribution in [0.25, 0.3) is 0 Å². The van der Waals surface area contributed by atoms with Crippen LogP contribution in [0.3, 0.4) is 0 Å². The fourth-order valence-corrected chi connectivity index (χ4v) is 3.58. The minimum absolute atomic E-state index is 0.0790. The second-order valence-corrected chi connectivity index (χ2v) is 8.77. The molecule has 2 aromatic rings. The largest absolute Gasteiger partial charge is 0.493 e. The van der Waals surface area contributed by atoms with Gasteiger partial charge in [-0.05, 0) is 67.7 Å². The van der Waals surface area contributed by atoms with Crippen LogP contribution in [0, 0.1) is 5.92 Å². The Balaban J connectivity index is 1.55. The van der Waals surface area contributed by atoms with E-state index in [4.69, 9.17) is 21.7 Å². The van der Waals surface area contributed by atoms with E-state index >= 15 is 0 Å². The summed E-state index contributed by atoms with van der Waals surface area (Å²) in [4.78, 5) is 25.2. The van der Waals surface area contributed by atoms with Crippen molar-refractivity contribution in [3.8, 4) is 5.75 Å². The molecule has 1 fully saturated rings. The van der Waals surface area contributed by atoms with Crippen molar-refractivity contribution in [3.63, 3.8) is 0 Å². The first-order valence-electron chi connectivity index (χ1n) is 11.3. The number of thiocarbonyl (C=S) groups is 1. The van der Waals surface area contributed by atoms with Crippen molar-refractivity contribution in [1.82, 2.24) is 10.6 Å². The molecule has 1 heterocycles. The zero-order valence-electron chi connectivity index (χ0n) is 19.1. The highest BCUT2D eigenvalue weighted by molar-refractivity contribution is 7.80. The molecule has 33 heavy (non-hydrogen) atoms. The number of para-hydroxylation sites is 1. The molecule has 1 atom stereocenters. The third-order valence-electron chi connectivity index (χ3n) is 5.21. The Bertz CT molecular complexity index is 974. The van der Waals surface area contributed by atoms with Crippen LogP contribution in [-0.4, -0.2) is 42.8 Å². The van der Waals surface area contributed by atoms with Crippen molar-refractivity contribution in [2.24, 2.45) is 5.92 Å². The Morgan fingerprint density at radius 2 is 1.97 bits per heavy atom. The molecule has 1 saturated heterocycles. The van der Waals surface area contributed by atoms with E-state index in [2.05, 4.69) is 29.8 Å². The van der Waals surface area contributed by atoms with Gasteiger partial charge >= 0.3 is 0 Å². The maximum atomic E-state index is 12.8. The van der Waals surface area contributed by atoms with Gasteiger partial charge in [0.2, 0.25) is 0 Å². The van der Waals surface area contributed by atoms with Crippen molar-refractivity contribution in [2.75, 3.05) is 25.1 Å². The first-order chi connectivity index (χ1) is 15.9. The van der Waals surface area contributed by atoms with E-state index in [0.717, 1.165) is 25.9 Å². The van der Waals surface area contributed by atoms with E-state index < -0.39 is 0 Å². The van der Waals surface area contributed by atoms with Gasteiger partial charge in [-0.3, -0.25) is 14.9 Å². The van der Waals surface area contributed by atoms with E-state index in [-0.39, 0.29) is 23.0 Å². The normalized spacial score (nSPS) is 15.2. The highest BCUT2D eigenvalue weighted by atomic mass is 32.1. The predicted molar refractivity (Wildman–Crippen MR) is 133 cm³/mol. The highest BCUT2D eigenvalue weighted by Gasteiger charge is 2.17. The first-order valence-corrected chi connectivity index (χ1v) is 11.7. The Morgan fingerprint density at radius 1 is 1.15 bits per heavy atom. The molecular weight excluding hydrogens is 438 g/mol. The summed E-state index contributed by atoms with van der Waals surface area (Å²) < 4.78 is 11.3. The van der Waals surface area contributed by atoms with Crippen LogP contribution < -0.4 is 20.7 Å². The zero-order chi connectivity index (χ0) is 23.6. The number of hydrogen-bond acceptors (Lipinski definition) is 5. The van der Waals surface area contributed by atoms with Gasteiger partial charge in [0.15, 0.2) is 5.11 Å². The van der Waals surface area contributed by atoms with Crippen molar-refractivity contribution < 1.29 is 19.1 Å². The molecule has 176 valence electrons. The fourth-order valence-electron chi connectivity index (χ4n) is 3.37. The zero-order valence-corrected chi connectivity index (χ0v) is 19.9. The van der Waals surface area contributed by atoms with E-state index in [1.165, 1.54) is 0 Å². The number of ether oxygens (including phenoxy) is 2. The molecule has 3 rings (SSSR count). The van der Waals surface area contributed by atoms with E-state index in [1.807, 2.05) is 6.07 Å². The molecule has 0 saturated carbocycles. The van der Waals surface area contributed by atoms with E-state index in [9.17, 15) is 9.59 Å². The van der Waals surface area contributed by atoms with Gasteiger partial charge in [-0.1, -0.05) is 32.0 Å². The molecule has 1 aliphatic heterocycles. The lowest BCUT2D eigenvalue weighted by Gasteiger charge is -2.14. The average Bonchev–Trinajstić information content (AvgIpc) is 3.31. The van der Waals surface area contributed by atoms with Crippen molar-refractivity contribution in [1.29, 1.82) is 0 Å². The summed E-state index contributed by atoms with van der Waals surface area (Å²) in [6.45, 7) is 6.01. The van der Waals surface area contributed by atoms with Crippen LogP contribution in [0.4, 0.5) is 5.69 Å². The summed E-state index contributed by atoms with van der Waals surface area (Å²) in [6.07, 6.45) is 2.96. The Morgan fingerprint density at radius 3 is 2.73 bits per heavy atom. The Labute approximate surface area is 200 Å². The molecule has 0 spiro atoms. The molecule has 2 amide bonds. The van der Waals surface area contributed by atoms with Crippen molar-refractivity contribution in [2.45, 2.75) is 39.2 Å². The van der Waals surface area contributed by atoms with Gasteiger partial charge in [-0.25, -0.2) is 0 Å². The number of amides is 2. The number of anilines is 1. The highest BCUT2D eigenvalue weighted by Crippen LogP contribution is 2.19. The molecule has 1 unspecified atom stereocenters. The number of nitrogens with one attached hydrogen (secondary N) is 3. The van der Waals surface area contributed by atoms with Crippen molar-refractivity contribution >= 4 is 34.8 Å². The average molecular weight is 470 g/mol. The second kappa shape index (κ2) is 12.3. The standard InChI is InChI=1S/C25H31N3O4S/c1-17(2)12-14-32-22-11-4-3-10-21(22)24(30)28-25(33)27-19-8-5-7-18(15-19)23(29)26-16-20-9-6-13-31-20/h3-5,7-8,10-11,15,17,20H,6,9,12-14,16H2,1-2H3,(H,26,29)(H2,27,28,30,33). The molecular formula is C25H31N3O4S. The SMILES string of the molecule is CC(C)CCOc1ccccc1C(=O)NC(=S)Nc1cccc(C(=O)NCC2CCCO2)c1. The van der Waals surface area contributed by atoms with Crippen LogP contribution in [0.1, 0.15) is 53.8 Å². The third-order valence-corrected chi connectivity index (χ3v) is 5.41. The number of carbonyl (C=O) groups is 2. The first kappa shape index (κ1) is 24.7. The lowest BCUT2D eigenvalue weighted by molar-refractivity contribution is 0.0857. The van der Waals surface area contributed by atoms with Gasteiger partial charge in [-0.2, -0.15) is 0 Å². The molecule has 7 nitrogen and oxygen atoms in total. The maximum absolute atomic E-state index is 12.8. The van der Waals surface area contributed by atoms with Crippen LogP contribution in [0.2, 0.25) is 0 Å². The molecule has 0 aliphatic carbocycles. The Hall–Kier alpha value is -2.97. The van der Waals surface area contributed by atoms with E-state index in [0.29, 0.717) is 41.6 Å². The van der Waals surface area contributed by atoms with Gasteiger partial charge in [-0.15, -0.1) is 0 Å². The van der Waals surface area contributed by atoms with Gasteiger partial charge in [0.1, 0.15) is 5.75 Å². The van der Waals surface area contributed by atoms with Crippen LogP contribution in [0.15, 0.2) is 48.5 Å². The molecule has 0 bridgehead atoms. The lowest BCUT2D eigenvalue weighted by atomic mass is 10.1. The molecule has 0 aromatic heterocycles. The van der Waals surface area contributed by atoms with Gasteiger partial charge < -0.3 is 20.1 Å². The van der Waals surface area contributed by atoms with Gasteiger partial charge in [0, 0.05) is 24.4 Å². The van der Waals surface area contributed by atoms with Crippen LogP contribution in [-0.2, 0) is 4.74 Å². The molecule has 8 heteroatoms. The minimum Gasteiger partial charge on any atom is -0.493 e. The molecule has 3 N–H and O–H groups in total. The molecule has 1 aliphatic rings. The summed E-state index contributed by atoms with van der Waals surface area (Å²) in [5.74, 6) is 0.481. The summed E-state index contributed by atoms with van der Waals surface area (Å²) >= 11 is 5.31. The number of carbonyl (C=O) groups excluding carboxylic acids is 2.